The average Bonchev–Trinajstić information content (AvgIpc) is 3.37. The van der Waals surface area contributed by atoms with Gasteiger partial charge in [0.2, 0.25) is 0 Å². The van der Waals surface area contributed by atoms with Crippen LogP contribution in [-0.4, -0.2) is 0 Å². The molecule has 5 rings (SSSR count). The lowest BCUT2D eigenvalue weighted by Crippen LogP contribution is -2.21. The fourth-order valence-electron chi connectivity index (χ4n) is 4.62. The monoisotopic (exact) mass is 409 g/mol. The zero-order chi connectivity index (χ0) is 21.7. The van der Waals surface area contributed by atoms with E-state index in [9.17, 15) is 0 Å². The number of fused-ring (bicyclic) bond motifs is 3. The molecule has 1 radical (unpaired) electrons. The first-order valence-electron chi connectivity index (χ1n) is 11.1. The van der Waals surface area contributed by atoms with Crippen LogP contribution in [0.1, 0.15) is 56.2 Å². The number of hydrogen-bond donors (Lipinski definition) is 0. The third-order valence-electron chi connectivity index (χ3n) is 6.22. The maximum Gasteiger partial charge on any atom is 0.159 e. The van der Waals surface area contributed by atoms with Crippen molar-refractivity contribution in [1.82, 2.24) is 0 Å². The summed E-state index contributed by atoms with van der Waals surface area (Å²) in [6, 6.07) is 19.3. The summed E-state index contributed by atoms with van der Waals surface area (Å²) in [6.07, 6.45) is 4.30. The molecular formula is C28H29N2O. The second-order valence-corrected chi connectivity index (χ2v) is 9.03. The first-order valence-corrected chi connectivity index (χ1v) is 11.1. The predicted molar refractivity (Wildman–Crippen MR) is 131 cm³/mol. The summed E-state index contributed by atoms with van der Waals surface area (Å²) >= 11 is 0. The highest BCUT2D eigenvalue weighted by Crippen LogP contribution is 2.42. The van der Waals surface area contributed by atoms with Crippen molar-refractivity contribution in [3.05, 3.63) is 90.4 Å². The van der Waals surface area contributed by atoms with Crippen LogP contribution in [0.25, 0.3) is 21.9 Å². The van der Waals surface area contributed by atoms with E-state index in [-0.39, 0.29) is 0 Å². The van der Waals surface area contributed by atoms with E-state index >= 15 is 0 Å². The van der Waals surface area contributed by atoms with Crippen molar-refractivity contribution < 1.29 is 4.42 Å². The first-order chi connectivity index (χ1) is 15.0. The van der Waals surface area contributed by atoms with Crippen LogP contribution in [0.5, 0.6) is 0 Å². The topological polar surface area (TPSA) is 19.6 Å². The van der Waals surface area contributed by atoms with E-state index in [1.165, 1.54) is 22.4 Å². The van der Waals surface area contributed by atoms with Crippen LogP contribution in [0, 0.1) is 13.6 Å². The van der Waals surface area contributed by atoms with Crippen LogP contribution in [-0.2, 0) is 0 Å². The van der Waals surface area contributed by atoms with Gasteiger partial charge in [0.25, 0.3) is 0 Å². The molecule has 1 aliphatic heterocycles. The van der Waals surface area contributed by atoms with E-state index in [0.717, 1.165) is 27.6 Å². The quantitative estimate of drug-likeness (QED) is 0.340. The molecule has 3 aromatic carbocycles. The molecule has 0 aliphatic carbocycles. The van der Waals surface area contributed by atoms with Gasteiger partial charge in [-0.2, -0.15) is 0 Å². The van der Waals surface area contributed by atoms with Gasteiger partial charge in [-0.1, -0.05) is 76.2 Å². The second-order valence-electron chi connectivity index (χ2n) is 9.03. The molecule has 4 aromatic rings. The molecule has 3 nitrogen and oxygen atoms in total. The molecule has 0 fully saturated rings. The van der Waals surface area contributed by atoms with Gasteiger partial charge in [-0.05, 0) is 41.5 Å². The highest BCUT2D eigenvalue weighted by molar-refractivity contribution is 6.09. The lowest BCUT2D eigenvalue weighted by Gasteiger charge is -2.28. The van der Waals surface area contributed by atoms with Crippen LogP contribution in [0.2, 0.25) is 0 Å². The molecule has 157 valence electrons. The molecule has 1 aliphatic rings. The molecule has 2 heterocycles. The van der Waals surface area contributed by atoms with E-state index in [2.05, 4.69) is 106 Å². The molecule has 3 heteroatoms. The maximum absolute atomic E-state index is 6.33. The van der Waals surface area contributed by atoms with Crippen molar-refractivity contribution in [2.75, 3.05) is 9.80 Å². The lowest BCUT2D eigenvalue weighted by molar-refractivity contribution is 0.668. The van der Waals surface area contributed by atoms with E-state index in [1.807, 2.05) is 12.1 Å². The molecule has 0 unspecified atom stereocenters. The normalized spacial score (nSPS) is 14.2. The summed E-state index contributed by atoms with van der Waals surface area (Å²) in [5, 5.41) is 2.31. The number of aryl methyl sites for hydroxylation is 1. The Morgan fingerprint density at radius 2 is 1.32 bits per heavy atom. The Kier molecular flexibility index (Phi) is 4.77. The second kappa shape index (κ2) is 7.49. The van der Waals surface area contributed by atoms with Crippen molar-refractivity contribution in [3.63, 3.8) is 0 Å². The molecular weight excluding hydrogens is 380 g/mol. The van der Waals surface area contributed by atoms with Crippen LogP contribution >= 0.6 is 0 Å². The Morgan fingerprint density at radius 1 is 0.677 bits per heavy atom. The minimum atomic E-state index is 0.449. The number of rotatable bonds is 4. The summed E-state index contributed by atoms with van der Waals surface area (Å²) in [4.78, 5) is 4.47. The predicted octanol–water partition coefficient (Wildman–Crippen LogP) is 8.06. The third-order valence-corrected chi connectivity index (χ3v) is 6.22. The van der Waals surface area contributed by atoms with Gasteiger partial charge in [0, 0.05) is 28.9 Å². The summed E-state index contributed by atoms with van der Waals surface area (Å²) < 4.78 is 6.33. The van der Waals surface area contributed by atoms with Gasteiger partial charge in [0.05, 0.1) is 5.69 Å². The molecule has 0 saturated carbocycles. The van der Waals surface area contributed by atoms with Crippen LogP contribution in [0.4, 0.5) is 11.4 Å². The standard InChI is InChI=1S/C28H29N2O/c1-18(2)21-10-8-11-22(19(3)4)27(21)30-16-15-29(17-30)26-20(5)13-14-24-23-9-6-7-12-25(23)31-28(24)26/h6-19H,1-5H3. The summed E-state index contributed by atoms with van der Waals surface area (Å²) in [5.41, 5.74) is 8.18. The number of hydrogen-bond acceptors (Lipinski definition) is 3. The molecule has 0 spiro atoms. The van der Waals surface area contributed by atoms with Gasteiger partial charge in [0.1, 0.15) is 5.58 Å². The molecule has 0 amide bonds. The highest BCUT2D eigenvalue weighted by Gasteiger charge is 2.26. The van der Waals surface area contributed by atoms with E-state index in [1.54, 1.807) is 0 Å². The number of para-hydroxylation sites is 2. The summed E-state index contributed by atoms with van der Waals surface area (Å²) in [5.74, 6) is 0.898. The average molecular weight is 410 g/mol. The highest BCUT2D eigenvalue weighted by atomic mass is 16.3. The first kappa shape index (κ1) is 19.7. The van der Waals surface area contributed by atoms with Crippen molar-refractivity contribution in [2.45, 2.75) is 46.5 Å². The Hall–Kier alpha value is -3.20. The Bertz CT molecular complexity index is 1270. The maximum atomic E-state index is 6.33. The van der Waals surface area contributed by atoms with Gasteiger partial charge < -0.3 is 14.2 Å². The number of nitrogens with zero attached hydrogens (tertiary/aromatic N) is 2. The minimum absolute atomic E-state index is 0.449. The summed E-state index contributed by atoms with van der Waals surface area (Å²) in [7, 11) is 0. The molecule has 0 saturated heterocycles. The third kappa shape index (κ3) is 3.20. The Labute approximate surface area is 184 Å². The summed E-state index contributed by atoms with van der Waals surface area (Å²) in [6.45, 7) is 13.4. The zero-order valence-electron chi connectivity index (χ0n) is 18.9. The Balaban J connectivity index is 1.60. The molecule has 0 bridgehead atoms. The fourth-order valence-corrected chi connectivity index (χ4v) is 4.62. The van der Waals surface area contributed by atoms with Crippen molar-refractivity contribution in [1.29, 1.82) is 0 Å². The van der Waals surface area contributed by atoms with Gasteiger partial charge in [-0.3, -0.25) is 0 Å². The fraction of sp³-hybridized carbons (Fsp3) is 0.250. The van der Waals surface area contributed by atoms with Crippen molar-refractivity contribution in [2.24, 2.45) is 0 Å². The van der Waals surface area contributed by atoms with E-state index in [0.29, 0.717) is 11.8 Å². The van der Waals surface area contributed by atoms with Gasteiger partial charge in [-0.25, -0.2) is 0 Å². The molecule has 0 N–H and O–H groups in total. The van der Waals surface area contributed by atoms with Crippen molar-refractivity contribution in [3.8, 4) is 0 Å². The van der Waals surface area contributed by atoms with Gasteiger partial charge in [-0.15, -0.1) is 0 Å². The van der Waals surface area contributed by atoms with Crippen molar-refractivity contribution >= 4 is 33.3 Å². The van der Waals surface area contributed by atoms with E-state index < -0.39 is 0 Å². The Morgan fingerprint density at radius 3 is 2.00 bits per heavy atom. The number of furan rings is 1. The smallest absolute Gasteiger partial charge is 0.159 e. The lowest BCUT2D eigenvalue weighted by atomic mass is 9.92. The molecule has 0 atom stereocenters. The number of benzene rings is 3. The zero-order valence-corrected chi connectivity index (χ0v) is 18.9. The van der Waals surface area contributed by atoms with E-state index in [4.69, 9.17) is 4.42 Å². The van der Waals surface area contributed by atoms with Crippen LogP contribution in [0.3, 0.4) is 0 Å². The van der Waals surface area contributed by atoms with Crippen LogP contribution < -0.4 is 9.80 Å². The SMILES string of the molecule is Cc1ccc2c(oc3ccccc32)c1N1[CH]N(c2c(C(C)C)cccc2C(C)C)C=C1. The largest absolute Gasteiger partial charge is 0.454 e. The molecule has 31 heavy (non-hydrogen) atoms. The van der Waals surface area contributed by atoms with Gasteiger partial charge in [0.15, 0.2) is 12.3 Å². The van der Waals surface area contributed by atoms with Crippen LogP contribution in [0.15, 0.2) is 71.4 Å². The number of anilines is 2. The minimum Gasteiger partial charge on any atom is -0.454 e. The molecule has 1 aromatic heterocycles. The van der Waals surface area contributed by atoms with Gasteiger partial charge >= 0.3 is 0 Å².